The van der Waals surface area contributed by atoms with Crippen molar-refractivity contribution in [2.75, 3.05) is 0 Å². The monoisotopic (exact) mass is 247 g/mol. The molecule has 92 valence electrons. The minimum absolute atomic E-state index is 0.498. The molecule has 3 nitrogen and oxygen atoms in total. The van der Waals surface area contributed by atoms with Crippen molar-refractivity contribution in [3.05, 3.63) is 72.4 Å². The summed E-state index contributed by atoms with van der Waals surface area (Å²) in [6.07, 6.45) is 1.73. The van der Waals surface area contributed by atoms with E-state index >= 15 is 0 Å². The average molecular weight is 247 g/mol. The Morgan fingerprint density at radius 3 is 2.53 bits per heavy atom. The first-order valence-electron chi connectivity index (χ1n) is 6.07. The number of pyridine rings is 1. The van der Waals surface area contributed by atoms with Crippen LogP contribution in [0.15, 0.2) is 71.9 Å². The first-order chi connectivity index (χ1) is 9.33. The molecule has 0 aliphatic heterocycles. The Hall–Kier alpha value is -2.68. The number of hydrogen-bond acceptors (Lipinski definition) is 2. The lowest BCUT2D eigenvalue weighted by atomic mass is 10.2. The van der Waals surface area contributed by atoms with E-state index in [1.165, 1.54) is 0 Å². The second kappa shape index (κ2) is 4.90. The van der Waals surface area contributed by atoms with Crippen molar-refractivity contribution in [2.24, 2.45) is 10.7 Å². The standard InChI is InChI=1S/C16H13N3/c17-16(12-6-2-1-3-7-12)19-14-10-13-8-4-5-9-15(13)18-11-14/h1-11H,(H2,17,19). The minimum Gasteiger partial charge on any atom is -0.383 e. The molecule has 0 aliphatic rings. The fourth-order valence-electron chi connectivity index (χ4n) is 1.93. The summed E-state index contributed by atoms with van der Waals surface area (Å²) in [5, 5.41) is 1.06. The lowest BCUT2D eigenvalue weighted by molar-refractivity contribution is 1.36. The highest BCUT2D eigenvalue weighted by Crippen LogP contribution is 2.18. The van der Waals surface area contributed by atoms with E-state index in [0.717, 1.165) is 22.2 Å². The van der Waals surface area contributed by atoms with Gasteiger partial charge in [-0.1, -0.05) is 48.5 Å². The third-order valence-electron chi connectivity index (χ3n) is 2.90. The van der Waals surface area contributed by atoms with Gasteiger partial charge in [-0.25, -0.2) is 4.99 Å². The molecule has 1 aromatic heterocycles. The van der Waals surface area contributed by atoms with Crippen molar-refractivity contribution >= 4 is 22.4 Å². The van der Waals surface area contributed by atoms with E-state index in [4.69, 9.17) is 5.73 Å². The number of benzene rings is 2. The summed E-state index contributed by atoms with van der Waals surface area (Å²) >= 11 is 0. The van der Waals surface area contributed by atoms with Gasteiger partial charge in [-0.15, -0.1) is 0 Å². The van der Waals surface area contributed by atoms with Crippen molar-refractivity contribution < 1.29 is 0 Å². The zero-order valence-electron chi connectivity index (χ0n) is 10.3. The summed E-state index contributed by atoms with van der Waals surface area (Å²) in [7, 11) is 0. The number of fused-ring (bicyclic) bond motifs is 1. The Bertz CT molecular complexity index is 733. The van der Waals surface area contributed by atoms with Gasteiger partial charge in [0.15, 0.2) is 0 Å². The van der Waals surface area contributed by atoms with Crippen molar-refractivity contribution in [2.45, 2.75) is 0 Å². The smallest absolute Gasteiger partial charge is 0.131 e. The second-order valence-electron chi connectivity index (χ2n) is 4.25. The lowest BCUT2D eigenvalue weighted by Gasteiger charge is -2.02. The molecule has 1 heterocycles. The predicted molar refractivity (Wildman–Crippen MR) is 78.6 cm³/mol. The van der Waals surface area contributed by atoms with E-state index in [1.54, 1.807) is 6.20 Å². The van der Waals surface area contributed by atoms with Crippen LogP contribution in [0.2, 0.25) is 0 Å². The molecule has 2 N–H and O–H groups in total. The molecule has 0 bridgehead atoms. The number of nitrogens with two attached hydrogens (primary N) is 1. The van der Waals surface area contributed by atoms with Crippen LogP contribution < -0.4 is 5.73 Å². The maximum Gasteiger partial charge on any atom is 0.131 e. The fourth-order valence-corrected chi connectivity index (χ4v) is 1.93. The Morgan fingerprint density at radius 2 is 1.68 bits per heavy atom. The topological polar surface area (TPSA) is 51.3 Å². The Balaban J connectivity index is 2.01. The molecular formula is C16H13N3. The number of hydrogen-bond donors (Lipinski definition) is 1. The van der Waals surface area contributed by atoms with Crippen LogP contribution in [-0.2, 0) is 0 Å². The second-order valence-corrected chi connectivity index (χ2v) is 4.25. The minimum atomic E-state index is 0.498. The molecule has 0 spiro atoms. The third kappa shape index (κ3) is 2.45. The van der Waals surface area contributed by atoms with E-state index in [-0.39, 0.29) is 0 Å². The van der Waals surface area contributed by atoms with Crippen LogP contribution in [0.4, 0.5) is 5.69 Å². The van der Waals surface area contributed by atoms with E-state index in [1.807, 2.05) is 60.7 Å². The fraction of sp³-hybridized carbons (Fsp3) is 0. The van der Waals surface area contributed by atoms with Crippen molar-refractivity contribution in [3.63, 3.8) is 0 Å². The van der Waals surface area contributed by atoms with Gasteiger partial charge in [0.25, 0.3) is 0 Å². The molecule has 2 aromatic carbocycles. The highest BCUT2D eigenvalue weighted by Gasteiger charge is 1.99. The van der Waals surface area contributed by atoms with Crippen molar-refractivity contribution in [1.29, 1.82) is 0 Å². The van der Waals surface area contributed by atoms with Crippen molar-refractivity contribution in [1.82, 2.24) is 4.98 Å². The van der Waals surface area contributed by atoms with Crippen LogP contribution in [0.25, 0.3) is 10.9 Å². The van der Waals surface area contributed by atoms with Gasteiger partial charge in [-0.05, 0) is 12.1 Å². The normalized spacial score (nSPS) is 11.7. The van der Waals surface area contributed by atoms with Crippen molar-refractivity contribution in [3.8, 4) is 0 Å². The Morgan fingerprint density at radius 1 is 0.947 bits per heavy atom. The number of rotatable bonds is 2. The Kier molecular flexibility index (Phi) is 2.94. The molecule has 0 fully saturated rings. The SMILES string of the molecule is NC(=Nc1cnc2ccccc2c1)c1ccccc1. The van der Waals surface area contributed by atoms with Crippen LogP contribution in [0, 0.1) is 0 Å². The van der Waals surface area contributed by atoms with Crippen LogP contribution >= 0.6 is 0 Å². The molecule has 0 radical (unpaired) electrons. The molecule has 0 aliphatic carbocycles. The summed E-state index contributed by atoms with van der Waals surface area (Å²) in [6.45, 7) is 0. The summed E-state index contributed by atoms with van der Waals surface area (Å²) in [5.41, 5.74) is 8.63. The maximum absolute atomic E-state index is 5.99. The van der Waals surface area contributed by atoms with Gasteiger partial charge in [-0.3, -0.25) is 4.98 Å². The zero-order valence-corrected chi connectivity index (χ0v) is 10.3. The van der Waals surface area contributed by atoms with Gasteiger partial charge < -0.3 is 5.73 Å². The summed E-state index contributed by atoms with van der Waals surface area (Å²) < 4.78 is 0. The largest absolute Gasteiger partial charge is 0.383 e. The summed E-state index contributed by atoms with van der Waals surface area (Å²) in [5.74, 6) is 0.498. The van der Waals surface area contributed by atoms with Crippen LogP contribution in [0.5, 0.6) is 0 Å². The lowest BCUT2D eigenvalue weighted by Crippen LogP contribution is -2.12. The molecule has 3 rings (SSSR count). The van der Waals surface area contributed by atoms with Gasteiger partial charge in [0.05, 0.1) is 17.4 Å². The summed E-state index contributed by atoms with van der Waals surface area (Å²) in [6, 6.07) is 19.6. The first kappa shape index (κ1) is 11.4. The van der Waals surface area contributed by atoms with Gasteiger partial charge in [0.2, 0.25) is 0 Å². The molecule has 0 unspecified atom stereocenters. The van der Waals surface area contributed by atoms with Crippen LogP contribution in [0.1, 0.15) is 5.56 Å². The van der Waals surface area contributed by atoms with Crippen LogP contribution in [0.3, 0.4) is 0 Å². The van der Waals surface area contributed by atoms with Crippen LogP contribution in [-0.4, -0.2) is 10.8 Å². The van der Waals surface area contributed by atoms with E-state index in [9.17, 15) is 0 Å². The van der Waals surface area contributed by atoms with Gasteiger partial charge >= 0.3 is 0 Å². The number of para-hydroxylation sites is 1. The highest BCUT2D eigenvalue weighted by molar-refractivity contribution is 5.99. The summed E-state index contributed by atoms with van der Waals surface area (Å²) in [4.78, 5) is 8.78. The maximum atomic E-state index is 5.99. The number of nitrogens with zero attached hydrogens (tertiary/aromatic N) is 2. The number of amidine groups is 1. The molecule has 19 heavy (non-hydrogen) atoms. The predicted octanol–water partition coefficient (Wildman–Crippen LogP) is 3.27. The van der Waals surface area contributed by atoms with Gasteiger partial charge in [0, 0.05) is 10.9 Å². The molecule has 0 atom stereocenters. The van der Waals surface area contributed by atoms with E-state index < -0.39 is 0 Å². The third-order valence-corrected chi connectivity index (χ3v) is 2.90. The first-order valence-corrected chi connectivity index (χ1v) is 6.07. The number of aromatic nitrogens is 1. The number of aliphatic imine (C=N–C) groups is 1. The van der Waals surface area contributed by atoms with E-state index in [2.05, 4.69) is 9.98 Å². The Labute approximate surface area is 111 Å². The molecule has 0 saturated carbocycles. The molecular weight excluding hydrogens is 234 g/mol. The molecule has 0 amide bonds. The molecule has 3 heteroatoms. The van der Waals surface area contributed by atoms with E-state index in [0.29, 0.717) is 5.84 Å². The van der Waals surface area contributed by atoms with Gasteiger partial charge in [0.1, 0.15) is 5.84 Å². The zero-order chi connectivity index (χ0) is 13.1. The quantitative estimate of drug-likeness (QED) is 0.558. The van der Waals surface area contributed by atoms with Gasteiger partial charge in [-0.2, -0.15) is 0 Å². The molecule has 0 saturated heterocycles. The molecule has 3 aromatic rings. The highest BCUT2D eigenvalue weighted by atomic mass is 14.9. The average Bonchev–Trinajstić information content (AvgIpc) is 2.48.